The van der Waals surface area contributed by atoms with Crippen LogP contribution in [0, 0.1) is 13.8 Å². The molecule has 2 aromatic heterocycles. The van der Waals surface area contributed by atoms with Gasteiger partial charge < -0.3 is 11.5 Å². The Balaban J connectivity index is 1.87. The Hall–Kier alpha value is -2.56. The van der Waals surface area contributed by atoms with Crippen LogP contribution >= 0.6 is 23.2 Å². The van der Waals surface area contributed by atoms with Crippen molar-refractivity contribution in [2.75, 3.05) is 11.5 Å². The molecular formula is C21H18Cl2N4. The lowest BCUT2D eigenvalue weighted by Crippen LogP contribution is -2.03. The van der Waals surface area contributed by atoms with Crippen LogP contribution in [0.4, 0.5) is 11.4 Å². The molecule has 0 saturated carbocycles. The van der Waals surface area contributed by atoms with Crippen LogP contribution in [0.15, 0.2) is 36.4 Å². The highest BCUT2D eigenvalue weighted by molar-refractivity contribution is 6.36. The molecule has 0 saturated heterocycles. The van der Waals surface area contributed by atoms with Crippen LogP contribution in [0.3, 0.4) is 0 Å². The van der Waals surface area contributed by atoms with Crippen molar-refractivity contribution in [2.45, 2.75) is 20.3 Å². The van der Waals surface area contributed by atoms with Gasteiger partial charge >= 0.3 is 0 Å². The van der Waals surface area contributed by atoms with E-state index in [1.807, 2.05) is 50.2 Å². The normalized spacial score (nSPS) is 11.4. The first-order valence-corrected chi connectivity index (χ1v) is 9.29. The monoisotopic (exact) mass is 396 g/mol. The quantitative estimate of drug-likeness (QED) is 0.440. The Morgan fingerprint density at radius 2 is 1.15 bits per heavy atom. The molecule has 0 aliphatic rings. The first-order valence-electron chi connectivity index (χ1n) is 8.53. The zero-order chi connectivity index (χ0) is 19.3. The second-order valence-corrected chi connectivity index (χ2v) is 7.55. The predicted octanol–water partition coefficient (Wildman–Crippen LogP) is 5.46. The maximum Gasteiger partial charge on any atom is 0.0912 e. The number of rotatable bonds is 2. The number of anilines is 2. The van der Waals surface area contributed by atoms with Gasteiger partial charge in [0.1, 0.15) is 0 Å². The standard InChI is InChI=1S/C21H18Cl2N4/c1-10-3-5-14-18(24)12(8-16(22)20(14)26-10)7-13-9-17(23)21-15(19(13)25)6-4-11(2)27-21/h3-6,8-9H,7,24-25H2,1-2H3. The minimum Gasteiger partial charge on any atom is -0.398 e. The van der Waals surface area contributed by atoms with E-state index in [2.05, 4.69) is 9.97 Å². The molecule has 136 valence electrons. The van der Waals surface area contributed by atoms with Crippen molar-refractivity contribution in [1.82, 2.24) is 9.97 Å². The van der Waals surface area contributed by atoms with Crippen LogP contribution in [0.25, 0.3) is 21.8 Å². The molecule has 2 aromatic carbocycles. The SMILES string of the molecule is Cc1ccc2c(N)c(Cc3cc(Cl)c4nc(C)ccc4c3N)cc(Cl)c2n1. The maximum atomic E-state index is 6.47. The zero-order valence-corrected chi connectivity index (χ0v) is 16.5. The molecule has 0 fully saturated rings. The molecule has 0 unspecified atom stereocenters. The van der Waals surface area contributed by atoms with Crippen LogP contribution in [0.2, 0.25) is 10.0 Å². The van der Waals surface area contributed by atoms with E-state index in [4.69, 9.17) is 34.7 Å². The van der Waals surface area contributed by atoms with Crippen LogP contribution in [0.1, 0.15) is 22.5 Å². The first kappa shape index (κ1) is 17.8. The highest BCUT2D eigenvalue weighted by Gasteiger charge is 2.15. The van der Waals surface area contributed by atoms with E-state index in [0.29, 0.717) is 38.9 Å². The average molecular weight is 397 g/mol. The fraction of sp³-hybridized carbons (Fsp3) is 0.143. The summed E-state index contributed by atoms with van der Waals surface area (Å²) in [6, 6.07) is 11.5. The van der Waals surface area contributed by atoms with Gasteiger partial charge in [0.25, 0.3) is 0 Å². The van der Waals surface area contributed by atoms with Gasteiger partial charge in [0, 0.05) is 40.0 Å². The number of nitrogens with zero attached hydrogens (tertiary/aromatic N) is 2. The number of pyridine rings is 2. The lowest BCUT2D eigenvalue weighted by atomic mass is 9.97. The molecule has 0 aliphatic carbocycles. The van der Waals surface area contributed by atoms with Gasteiger partial charge in [-0.25, -0.2) is 0 Å². The molecule has 0 aliphatic heterocycles. The number of nitrogens with two attached hydrogens (primary N) is 2. The van der Waals surface area contributed by atoms with Crippen molar-refractivity contribution in [3.8, 4) is 0 Å². The highest BCUT2D eigenvalue weighted by atomic mass is 35.5. The van der Waals surface area contributed by atoms with Gasteiger partial charge in [-0.1, -0.05) is 23.2 Å². The average Bonchev–Trinajstić information content (AvgIpc) is 2.63. The van der Waals surface area contributed by atoms with Crippen LogP contribution in [-0.4, -0.2) is 9.97 Å². The van der Waals surface area contributed by atoms with E-state index in [1.165, 1.54) is 0 Å². The largest absolute Gasteiger partial charge is 0.398 e. The summed E-state index contributed by atoms with van der Waals surface area (Å²) >= 11 is 12.9. The van der Waals surface area contributed by atoms with Crippen molar-refractivity contribution in [3.63, 3.8) is 0 Å². The topological polar surface area (TPSA) is 77.8 Å². The number of aromatic nitrogens is 2. The van der Waals surface area contributed by atoms with Gasteiger partial charge in [0.05, 0.1) is 21.1 Å². The lowest BCUT2D eigenvalue weighted by molar-refractivity contribution is 1.20. The molecule has 4 N–H and O–H groups in total. The predicted molar refractivity (Wildman–Crippen MR) is 115 cm³/mol. The Bertz CT molecular complexity index is 1120. The van der Waals surface area contributed by atoms with E-state index in [9.17, 15) is 0 Å². The molecule has 27 heavy (non-hydrogen) atoms. The van der Waals surface area contributed by atoms with E-state index in [1.54, 1.807) is 0 Å². The molecule has 6 heteroatoms. The Labute approximate surface area is 167 Å². The summed E-state index contributed by atoms with van der Waals surface area (Å²) in [7, 11) is 0. The van der Waals surface area contributed by atoms with E-state index >= 15 is 0 Å². The Kier molecular flexibility index (Phi) is 4.33. The van der Waals surface area contributed by atoms with Gasteiger partial charge in [0.15, 0.2) is 0 Å². The van der Waals surface area contributed by atoms with E-state index in [-0.39, 0.29) is 0 Å². The summed E-state index contributed by atoms with van der Waals surface area (Å²) in [6.07, 6.45) is 0.519. The molecule has 4 nitrogen and oxygen atoms in total. The van der Waals surface area contributed by atoms with Crippen molar-refractivity contribution >= 4 is 56.4 Å². The number of fused-ring (bicyclic) bond motifs is 2. The fourth-order valence-corrected chi connectivity index (χ4v) is 3.91. The number of nitrogen functional groups attached to an aromatic ring is 2. The van der Waals surface area contributed by atoms with E-state index in [0.717, 1.165) is 33.3 Å². The fourth-order valence-electron chi connectivity index (χ4n) is 3.35. The minimum atomic E-state index is 0.519. The van der Waals surface area contributed by atoms with Gasteiger partial charge in [0.2, 0.25) is 0 Å². The van der Waals surface area contributed by atoms with Crippen molar-refractivity contribution in [1.29, 1.82) is 0 Å². The van der Waals surface area contributed by atoms with Gasteiger partial charge in [-0.05, 0) is 61.4 Å². The Morgan fingerprint density at radius 3 is 1.56 bits per heavy atom. The van der Waals surface area contributed by atoms with Crippen LogP contribution < -0.4 is 11.5 Å². The van der Waals surface area contributed by atoms with Crippen LogP contribution in [-0.2, 0) is 6.42 Å². The van der Waals surface area contributed by atoms with Gasteiger partial charge in [-0.2, -0.15) is 0 Å². The molecule has 4 rings (SSSR count). The summed E-state index contributed by atoms with van der Waals surface area (Å²) in [5.74, 6) is 0. The second kappa shape index (κ2) is 6.55. The molecule has 0 spiro atoms. The number of hydrogen-bond donors (Lipinski definition) is 2. The number of aryl methyl sites for hydroxylation is 2. The third kappa shape index (κ3) is 3.05. The second-order valence-electron chi connectivity index (χ2n) is 6.74. The van der Waals surface area contributed by atoms with Crippen molar-refractivity contribution in [2.24, 2.45) is 0 Å². The van der Waals surface area contributed by atoms with Crippen molar-refractivity contribution in [3.05, 3.63) is 69.0 Å². The third-order valence-corrected chi connectivity index (χ3v) is 5.35. The molecule has 0 bridgehead atoms. The zero-order valence-electron chi connectivity index (χ0n) is 15.0. The third-order valence-electron chi connectivity index (χ3n) is 4.78. The molecule has 0 amide bonds. The molecule has 0 atom stereocenters. The minimum absolute atomic E-state index is 0.519. The lowest BCUT2D eigenvalue weighted by Gasteiger charge is -2.14. The van der Waals surface area contributed by atoms with Gasteiger partial charge in [-0.3, -0.25) is 9.97 Å². The van der Waals surface area contributed by atoms with Gasteiger partial charge in [-0.15, -0.1) is 0 Å². The van der Waals surface area contributed by atoms with Crippen LogP contribution in [0.5, 0.6) is 0 Å². The number of halogens is 2. The summed E-state index contributed by atoms with van der Waals surface area (Å²) in [6.45, 7) is 3.85. The molecule has 2 heterocycles. The molecule has 4 aromatic rings. The maximum absolute atomic E-state index is 6.47. The summed E-state index contributed by atoms with van der Waals surface area (Å²) in [4.78, 5) is 9.00. The van der Waals surface area contributed by atoms with E-state index < -0.39 is 0 Å². The molecular weight excluding hydrogens is 379 g/mol. The summed E-state index contributed by atoms with van der Waals surface area (Å²) < 4.78 is 0. The Morgan fingerprint density at radius 1 is 0.741 bits per heavy atom. The first-order chi connectivity index (χ1) is 12.8. The number of hydrogen-bond acceptors (Lipinski definition) is 4. The highest BCUT2D eigenvalue weighted by Crippen LogP contribution is 2.36. The summed E-state index contributed by atoms with van der Waals surface area (Å²) in [5, 5.41) is 2.82. The molecule has 0 radical (unpaired) electrons. The summed E-state index contributed by atoms with van der Waals surface area (Å²) in [5.41, 5.74) is 19.1. The number of benzene rings is 2. The smallest absolute Gasteiger partial charge is 0.0912 e. The van der Waals surface area contributed by atoms with Crippen molar-refractivity contribution < 1.29 is 0 Å².